The van der Waals surface area contributed by atoms with Crippen LogP contribution in [0.1, 0.15) is 26.3 Å². The first kappa shape index (κ1) is 27.5. The molecule has 0 N–H and O–H groups in total. The highest BCUT2D eigenvalue weighted by molar-refractivity contribution is 7.91. The van der Waals surface area contributed by atoms with Gasteiger partial charge in [-0.2, -0.15) is 0 Å². The Morgan fingerprint density at radius 2 is 1.74 bits per heavy atom. The number of benzene rings is 1. The Kier molecular flexibility index (Phi) is 8.22. The molecule has 2 aliphatic heterocycles. The Balaban J connectivity index is 1.73. The van der Waals surface area contributed by atoms with Gasteiger partial charge in [0.15, 0.2) is 21.4 Å². The van der Waals surface area contributed by atoms with Crippen molar-refractivity contribution < 1.29 is 40.2 Å². The predicted molar refractivity (Wildman–Crippen MR) is 120 cm³/mol. The molecule has 0 bridgehead atoms. The molecule has 198 valence electrons. The molecule has 0 radical (unpaired) electrons. The molecule has 0 saturated carbocycles. The van der Waals surface area contributed by atoms with Crippen molar-refractivity contribution in [3.63, 3.8) is 0 Å². The number of alkyl halides is 3. The van der Waals surface area contributed by atoms with Gasteiger partial charge in [-0.05, 0) is 38.5 Å². The maximum Gasteiger partial charge on any atom is 0.573 e. The Bertz CT molecular complexity index is 999. The Morgan fingerprint density at radius 3 is 2.31 bits per heavy atom. The molecule has 1 amide bonds. The molecule has 0 unspecified atom stereocenters. The molecular formula is C22H31F4N3O5S. The van der Waals surface area contributed by atoms with E-state index in [1.165, 1.54) is 6.07 Å². The maximum absolute atomic E-state index is 14.2. The first-order valence-corrected chi connectivity index (χ1v) is 13.1. The molecule has 0 aliphatic carbocycles. The summed E-state index contributed by atoms with van der Waals surface area (Å²) in [6.45, 7) is 7.88. The third kappa shape index (κ3) is 8.50. The fraction of sp³-hybridized carbons (Fsp3) is 0.682. The lowest BCUT2D eigenvalue weighted by Crippen LogP contribution is -2.59. The van der Waals surface area contributed by atoms with Crippen molar-refractivity contribution in [2.45, 2.75) is 45.3 Å². The molecular weight excluding hydrogens is 494 g/mol. The zero-order valence-electron chi connectivity index (χ0n) is 20.0. The second kappa shape index (κ2) is 10.5. The normalized spacial score (nSPS) is 22.1. The van der Waals surface area contributed by atoms with Gasteiger partial charge in [-0.1, -0.05) is 6.07 Å². The van der Waals surface area contributed by atoms with Crippen molar-refractivity contribution in [1.29, 1.82) is 0 Å². The Morgan fingerprint density at radius 1 is 1.09 bits per heavy atom. The number of carbonyl (C=O) groups is 1. The van der Waals surface area contributed by atoms with Gasteiger partial charge in [0, 0.05) is 51.9 Å². The fourth-order valence-electron chi connectivity index (χ4n) is 4.08. The molecule has 0 spiro atoms. The van der Waals surface area contributed by atoms with Gasteiger partial charge in [0.05, 0.1) is 11.5 Å². The summed E-state index contributed by atoms with van der Waals surface area (Å²) in [7, 11) is -3.06. The van der Waals surface area contributed by atoms with Crippen LogP contribution in [0, 0.1) is 5.82 Å². The molecule has 1 atom stereocenters. The first-order chi connectivity index (χ1) is 16.1. The van der Waals surface area contributed by atoms with Crippen LogP contribution in [-0.2, 0) is 21.1 Å². The predicted octanol–water partition coefficient (Wildman–Crippen LogP) is 2.88. The van der Waals surface area contributed by atoms with Crippen LogP contribution in [0.2, 0.25) is 0 Å². The van der Waals surface area contributed by atoms with E-state index in [0.29, 0.717) is 44.8 Å². The number of hydrogen-bond acceptors (Lipinski definition) is 7. The number of hydrogen-bond donors (Lipinski definition) is 0. The Hall–Kier alpha value is -2.12. The van der Waals surface area contributed by atoms with Crippen LogP contribution in [0.4, 0.5) is 22.4 Å². The smallest absolute Gasteiger partial charge is 0.444 e. The third-order valence-corrected chi connectivity index (χ3v) is 7.38. The van der Waals surface area contributed by atoms with E-state index in [-0.39, 0.29) is 24.1 Å². The number of rotatable bonds is 5. The van der Waals surface area contributed by atoms with Crippen molar-refractivity contribution in [2.75, 3.05) is 50.8 Å². The summed E-state index contributed by atoms with van der Waals surface area (Å²) in [5.74, 6) is -1.91. The molecule has 2 fully saturated rings. The molecule has 8 nitrogen and oxygen atoms in total. The van der Waals surface area contributed by atoms with Gasteiger partial charge in [0.2, 0.25) is 0 Å². The molecule has 0 aromatic heterocycles. The van der Waals surface area contributed by atoms with E-state index in [0.717, 1.165) is 12.1 Å². The lowest BCUT2D eigenvalue weighted by atomic mass is 10.1. The number of sulfone groups is 1. The number of nitrogens with zero attached hydrogens (tertiary/aromatic N) is 3. The van der Waals surface area contributed by atoms with Gasteiger partial charge in [0.25, 0.3) is 0 Å². The van der Waals surface area contributed by atoms with Crippen LogP contribution in [0.3, 0.4) is 0 Å². The van der Waals surface area contributed by atoms with Gasteiger partial charge in [0.1, 0.15) is 5.60 Å². The molecule has 2 saturated heterocycles. The average Bonchev–Trinajstić information content (AvgIpc) is 2.70. The zero-order valence-corrected chi connectivity index (χ0v) is 20.8. The first-order valence-electron chi connectivity index (χ1n) is 11.3. The summed E-state index contributed by atoms with van der Waals surface area (Å²) in [5.41, 5.74) is -0.211. The quantitative estimate of drug-likeness (QED) is 0.547. The SMILES string of the molecule is CC(C)(C)OC(=O)N1CCN(Cc2ccc(OC(F)(F)F)c(F)c2)[C@@H](CN2CCS(=O)(=O)CC2)C1. The van der Waals surface area contributed by atoms with E-state index in [2.05, 4.69) is 4.74 Å². The molecule has 1 aromatic rings. The van der Waals surface area contributed by atoms with Crippen LogP contribution in [-0.4, -0.2) is 98.0 Å². The minimum absolute atomic E-state index is 0.0569. The van der Waals surface area contributed by atoms with Gasteiger partial charge in [-0.3, -0.25) is 9.80 Å². The summed E-state index contributed by atoms with van der Waals surface area (Å²) < 4.78 is 84.3. The Labute approximate surface area is 202 Å². The van der Waals surface area contributed by atoms with Gasteiger partial charge in [-0.15, -0.1) is 13.2 Å². The highest BCUT2D eigenvalue weighted by Crippen LogP contribution is 2.27. The van der Waals surface area contributed by atoms with Crippen molar-refractivity contribution in [1.82, 2.24) is 14.7 Å². The molecule has 2 heterocycles. The highest BCUT2D eigenvalue weighted by atomic mass is 32.2. The number of halogens is 4. The van der Waals surface area contributed by atoms with E-state index < -0.39 is 39.5 Å². The lowest BCUT2D eigenvalue weighted by Gasteiger charge is -2.44. The van der Waals surface area contributed by atoms with E-state index in [9.17, 15) is 30.8 Å². The number of piperazine rings is 1. The number of carbonyl (C=O) groups excluding carboxylic acids is 1. The maximum atomic E-state index is 14.2. The summed E-state index contributed by atoms with van der Waals surface area (Å²) >= 11 is 0. The van der Waals surface area contributed by atoms with E-state index in [4.69, 9.17) is 4.74 Å². The van der Waals surface area contributed by atoms with Crippen molar-refractivity contribution >= 4 is 15.9 Å². The summed E-state index contributed by atoms with van der Waals surface area (Å²) in [6.07, 6.45) is -5.45. The van der Waals surface area contributed by atoms with E-state index in [1.807, 2.05) is 9.80 Å². The molecule has 1 aromatic carbocycles. The fourth-order valence-corrected chi connectivity index (χ4v) is 5.36. The summed E-state index contributed by atoms with van der Waals surface area (Å²) in [4.78, 5) is 18.3. The van der Waals surface area contributed by atoms with Crippen molar-refractivity contribution in [3.8, 4) is 5.75 Å². The minimum atomic E-state index is -4.99. The van der Waals surface area contributed by atoms with Crippen LogP contribution >= 0.6 is 0 Å². The lowest BCUT2D eigenvalue weighted by molar-refractivity contribution is -0.275. The monoisotopic (exact) mass is 525 g/mol. The largest absolute Gasteiger partial charge is 0.573 e. The minimum Gasteiger partial charge on any atom is -0.444 e. The van der Waals surface area contributed by atoms with E-state index >= 15 is 0 Å². The summed E-state index contributed by atoms with van der Waals surface area (Å²) in [6, 6.07) is 3.10. The van der Waals surface area contributed by atoms with Gasteiger partial charge < -0.3 is 14.4 Å². The molecule has 2 aliphatic rings. The number of amides is 1. The third-order valence-electron chi connectivity index (χ3n) is 5.77. The number of ether oxygens (including phenoxy) is 2. The molecule has 3 rings (SSSR count). The van der Waals surface area contributed by atoms with Crippen molar-refractivity contribution in [2.24, 2.45) is 0 Å². The van der Waals surface area contributed by atoms with Crippen LogP contribution in [0.25, 0.3) is 0 Å². The summed E-state index contributed by atoms with van der Waals surface area (Å²) in [5, 5.41) is 0. The van der Waals surface area contributed by atoms with Crippen LogP contribution in [0.5, 0.6) is 5.75 Å². The second-order valence-electron chi connectivity index (χ2n) is 9.82. The van der Waals surface area contributed by atoms with E-state index in [1.54, 1.807) is 25.7 Å². The standard InChI is InChI=1S/C22H31F4N3O5S/c1-21(2,3)34-20(30)29-7-6-28(17(15-29)14-27-8-10-35(31,32)11-9-27)13-16-4-5-19(18(23)12-16)33-22(24,25)26/h4-5,12,17H,6-11,13-15H2,1-3H3/t17-/m0/s1. The molecule has 13 heteroatoms. The topological polar surface area (TPSA) is 79.4 Å². The van der Waals surface area contributed by atoms with Crippen LogP contribution < -0.4 is 4.74 Å². The molecule has 35 heavy (non-hydrogen) atoms. The second-order valence-corrected chi connectivity index (χ2v) is 12.1. The highest BCUT2D eigenvalue weighted by Gasteiger charge is 2.35. The van der Waals surface area contributed by atoms with Gasteiger partial charge >= 0.3 is 12.5 Å². The average molecular weight is 526 g/mol. The zero-order chi connectivity index (χ0) is 26.0. The van der Waals surface area contributed by atoms with Gasteiger partial charge in [-0.25, -0.2) is 17.6 Å². The van der Waals surface area contributed by atoms with Crippen molar-refractivity contribution in [3.05, 3.63) is 29.6 Å². The van der Waals surface area contributed by atoms with Crippen LogP contribution in [0.15, 0.2) is 18.2 Å².